The van der Waals surface area contributed by atoms with Gasteiger partial charge in [-0.2, -0.15) is 0 Å². The van der Waals surface area contributed by atoms with E-state index in [4.69, 9.17) is 18.8 Å². The summed E-state index contributed by atoms with van der Waals surface area (Å²) >= 11 is 0. The molecule has 0 aliphatic carbocycles. The molecule has 0 radical (unpaired) electrons. The number of nitrogens with zero attached hydrogens (tertiary/aromatic N) is 1. The molecule has 0 atom stereocenters. The van der Waals surface area contributed by atoms with Gasteiger partial charge >= 0.3 is 13.2 Å². The van der Waals surface area contributed by atoms with Gasteiger partial charge < -0.3 is 23.7 Å². The van der Waals surface area contributed by atoms with Crippen molar-refractivity contribution in [2.75, 3.05) is 20.2 Å². The molecule has 1 aromatic rings. The minimum absolute atomic E-state index is 0.318. The highest BCUT2D eigenvalue weighted by molar-refractivity contribution is 6.62. The second kappa shape index (κ2) is 9.78. The highest BCUT2D eigenvalue weighted by Gasteiger charge is 2.52. The van der Waals surface area contributed by atoms with E-state index in [1.807, 2.05) is 48.5 Å². The Hall–Kier alpha value is -1.80. The zero-order valence-electron chi connectivity index (χ0n) is 20.2. The monoisotopic (exact) mass is 437 g/mol. The Labute approximate surface area is 186 Å². The number of amides is 1. The molecule has 0 aromatic heterocycles. The summed E-state index contributed by atoms with van der Waals surface area (Å²) in [4.78, 5) is 13.5. The molecule has 0 saturated carbocycles. The van der Waals surface area contributed by atoms with Crippen molar-refractivity contribution in [3.63, 3.8) is 0 Å². The summed E-state index contributed by atoms with van der Waals surface area (Å²) in [5.74, 6) is 0.0682. The highest BCUT2D eigenvalue weighted by atomic mass is 19.1. The number of ether oxygens (including phenoxy) is 2. The molecule has 1 aromatic carbocycles. The lowest BCUT2D eigenvalue weighted by atomic mass is 9.78. The van der Waals surface area contributed by atoms with Crippen LogP contribution in [0.5, 0.6) is 5.75 Å². The van der Waals surface area contributed by atoms with Crippen LogP contribution in [0.25, 0.3) is 0 Å². The molecule has 1 heterocycles. The molecule has 174 valence electrons. The third-order valence-corrected chi connectivity index (χ3v) is 5.59. The number of carbonyl (C=O) groups is 1. The van der Waals surface area contributed by atoms with E-state index in [1.165, 1.54) is 6.07 Å². The van der Waals surface area contributed by atoms with Crippen molar-refractivity contribution in [1.29, 1.82) is 0 Å². The fourth-order valence-electron chi connectivity index (χ4n) is 3.01. The fourth-order valence-corrected chi connectivity index (χ4v) is 3.01. The van der Waals surface area contributed by atoms with Crippen LogP contribution >= 0.6 is 0 Å². The summed E-state index contributed by atoms with van der Waals surface area (Å²) in [6.07, 6.45) is 2.22. The summed E-state index contributed by atoms with van der Waals surface area (Å²) in [6.45, 7) is 14.4. The average molecular weight is 437 g/mol. The minimum Gasteiger partial charge on any atom is -0.493 e. The molecule has 2 rings (SSSR count). The van der Waals surface area contributed by atoms with Gasteiger partial charge in [-0.05, 0) is 73.8 Å². The van der Waals surface area contributed by atoms with Crippen molar-refractivity contribution >= 4 is 18.7 Å². The van der Waals surface area contributed by atoms with Gasteiger partial charge in [-0.25, -0.2) is 9.18 Å². The number of hydrogen-bond acceptors (Lipinski definition) is 5. The first-order chi connectivity index (χ1) is 14.2. The van der Waals surface area contributed by atoms with Crippen molar-refractivity contribution in [3.05, 3.63) is 24.0 Å². The van der Waals surface area contributed by atoms with Gasteiger partial charge in [-0.1, -0.05) is 6.07 Å². The van der Waals surface area contributed by atoms with Crippen LogP contribution in [-0.2, 0) is 14.0 Å². The standard InChI is InChI=1S/C23H37BFNO5/c1-21(2,3)29-20(27)26(8)14-10-9-11-15-28-17-12-13-18(19(25)16-17)24-30-22(4,5)23(6,7)31-24/h12-13,16H,9-11,14-15H2,1-8H3. The molecule has 1 saturated heterocycles. The largest absolute Gasteiger partial charge is 0.497 e. The number of carbonyl (C=O) groups excluding carboxylic acids is 1. The van der Waals surface area contributed by atoms with E-state index in [9.17, 15) is 9.18 Å². The van der Waals surface area contributed by atoms with Gasteiger partial charge in [0.25, 0.3) is 0 Å². The normalized spacial score (nSPS) is 17.5. The Kier molecular flexibility index (Phi) is 8.03. The van der Waals surface area contributed by atoms with E-state index in [-0.39, 0.29) is 6.09 Å². The van der Waals surface area contributed by atoms with Gasteiger partial charge in [0.05, 0.1) is 17.8 Å². The highest BCUT2D eigenvalue weighted by Crippen LogP contribution is 2.36. The third kappa shape index (κ3) is 7.11. The molecule has 0 unspecified atom stereocenters. The molecule has 1 aliphatic rings. The lowest BCUT2D eigenvalue weighted by Gasteiger charge is -2.32. The molecule has 1 fully saturated rings. The fraction of sp³-hybridized carbons (Fsp3) is 0.696. The number of benzene rings is 1. The van der Waals surface area contributed by atoms with Gasteiger partial charge in [-0.15, -0.1) is 0 Å². The first-order valence-electron chi connectivity index (χ1n) is 10.9. The Bertz CT molecular complexity index is 747. The number of rotatable bonds is 8. The quantitative estimate of drug-likeness (QED) is 0.442. The van der Waals surface area contributed by atoms with Gasteiger partial charge in [0.15, 0.2) is 0 Å². The Morgan fingerprint density at radius 2 is 1.71 bits per heavy atom. The van der Waals surface area contributed by atoms with Gasteiger partial charge in [0.1, 0.15) is 17.2 Å². The summed E-state index contributed by atoms with van der Waals surface area (Å²) in [6, 6.07) is 4.76. The first-order valence-corrected chi connectivity index (χ1v) is 10.9. The van der Waals surface area contributed by atoms with Crippen LogP contribution in [0.3, 0.4) is 0 Å². The lowest BCUT2D eigenvalue weighted by molar-refractivity contribution is 0.00578. The predicted octanol–water partition coefficient (Wildman–Crippen LogP) is 4.54. The zero-order valence-corrected chi connectivity index (χ0v) is 20.2. The number of unbranched alkanes of at least 4 members (excludes halogenated alkanes) is 2. The summed E-state index contributed by atoms with van der Waals surface area (Å²) in [5, 5.41) is 0. The molecule has 31 heavy (non-hydrogen) atoms. The maximum Gasteiger partial charge on any atom is 0.497 e. The van der Waals surface area contributed by atoms with E-state index >= 15 is 0 Å². The smallest absolute Gasteiger partial charge is 0.493 e. The van der Waals surface area contributed by atoms with Crippen LogP contribution in [0.2, 0.25) is 0 Å². The van der Waals surface area contributed by atoms with Crippen LogP contribution in [0.1, 0.15) is 67.7 Å². The Balaban J connectivity index is 1.73. The lowest BCUT2D eigenvalue weighted by Crippen LogP contribution is -2.41. The van der Waals surface area contributed by atoms with E-state index in [2.05, 4.69) is 0 Å². The van der Waals surface area contributed by atoms with Crippen molar-refractivity contribution in [3.8, 4) is 5.75 Å². The molecule has 1 aliphatic heterocycles. The summed E-state index contributed by atoms with van der Waals surface area (Å²) < 4.78 is 37.5. The van der Waals surface area contributed by atoms with Crippen LogP contribution in [-0.4, -0.2) is 55.1 Å². The minimum atomic E-state index is -0.735. The van der Waals surface area contributed by atoms with Crippen molar-refractivity contribution in [2.45, 2.75) is 84.5 Å². The van der Waals surface area contributed by atoms with Gasteiger partial charge in [0, 0.05) is 25.1 Å². The van der Waals surface area contributed by atoms with E-state index in [0.717, 1.165) is 19.3 Å². The molecular weight excluding hydrogens is 400 g/mol. The molecule has 0 bridgehead atoms. The van der Waals surface area contributed by atoms with E-state index in [0.29, 0.717) is 24.4 Å². The van der Waals surface area contributed by atoms with E-state index in [1.54, 1.807) is 24.1 Å². The zero-order chi connectivity index (χ0) is 23.4. The molecule has 0 spiro atoms. The molecule has 1 amide bonds. The predicted molar refractivity (Wildman–Crippen MR) is 120 cm³/mol. The third-order valence-electron chi connectivity index (χ3n) is 5.59. The molecule has 0 N–H and O–H groups in total. The Morgan fingerprint density at radius 3 is 2.26 bits per heavy atom. The molecule has 8 heteroatoms. The second-order valence-corrected chi connectivity index (χ2v) is 10.1. The SMILES string of the molecule is CN(CCCCCOc1ccc(B2OC(C)(C)C(C)(C)O2)c(F)c1)C(=O)OC(C)(C)C. The summed E-state index contributed by atoms with van der Waals surface area (Å²) in [5.41, 5.74) is -1.16. The average Bonchev–Trinajstić information content (AvgIpc) is 2.83. The van der Waals surface area contributed by atoms with Crippen molar-refractivity contribution in [1.82, 2.24) is 4.90 Å². The Morgan fingerprint density at radius 1 is 1.10 bits per heavy atom. The topological polar surface area (TPSA) is 57.2 Å². The molecular formula is C23H37BFNO5. The van der Waals surface area contributed by atoms with Gasteiger partial charge in [0.2, 0.25) is 0 Å². The second-order valence-electron chi connectivity index (χ2n) is 10.1. The van der Waals surface area contributed by atoms with Crippen LogP contribution in [0, 0.1) is 5.82 Å². The maximum atomic E-state index is 14.6. The first kappa shape index (κ1) is 25.5. The van der Waals surface area contributed by atoms with Crippen molar-refractivity contribution < 1.29 is 28.0 Å². The van der Waals surface area contributed by atoms with Crippen LogP contribution in [0.15, 0.2) is 18.2 Å². The van der Waals surface area contributed by atoms with Crippen LogP contribution < -0.4 is 10.2 Å². The van der Waals surface area contributed by atoms with Crippen LogP contribution in [0.4, 0.5) is 9.18 Å². The van der Waals surface area contributed by atoms with Crippen molar-refractivity contribution in [2.24, 2.45) is 0 Å². The van der Waals surface area contributed by atoms with Gasteiger partial charge in [-0.3, -0.25) is 0 Å². The molecule has 6 nitrogen and oxygen atoms in total. The number of halogens is 1. The maximum absolute atomic E-state index is 14.6. The van der Waals surface area contributed by atoms with E-state index < -0.39 is 29.7 Å². The summed E-state index contributed by atoms with van der Waals surface area (Å²) in [7, 11) is 0.996. The number of hydrogen-bond donors (Lipinski definition) is 0.